The van der Waals surface area contributed by atoms with E-state index in [0.717, 1.165) is 37.5 Å². The summed E-state index contributed by atoms with van der Waals surface area (Å²) < 4.78 is 26.2. The minimum atomic E-state index is -3.60. The highest BCUT2D eigenvalue weighted by atomic mass is 35.5. The quantitative estimate of drug-likeness (QED) is 0.297. The Hall–Kier alpha value is -2.00. The first kappa shape index (κ1) is 31.5. The molecule has 2 amide bonds. The van der Waals surface area contributed by atoms with Crippen molar-refractivity contribution in [3.8, 4) is 0 Å². The number of anilines is 1. The standard InChI is InChI=1S/C28H36Cl3N3O4S/c1-3-26(28(36)32-22-10-5-4-6-11-22)33(19-20-14-15-24(30)25(31)17-20)27(35)13-8-16-34(39(2,37)38)23-12-7-9-21(29)18-23/h7,9,12,14-15,17-18,22,26H,3-6,8,10-11,13,16,19H2,1-2H3,(H,32,36)/t26-/m1/s1. The average Bonchev–Trinajstić information content (AvgIpc) is 2.88. The van der Waals surface area contributed by atoms with Crippen molar-refractivity contribution in [2.45, 2.75) is 76.9 Å². The fourth-order valence-electron chi connectivity index (χ4n) is 4.93. The number of nitrogens with one attached hydrogen (secondary N) is 1. The summed E-state index contributed by atoms with van der Waals surface area (Å²) in [5.74, 6) is -0.416. The van der Waals surface area contributed by atoms with Gasteiger partial charge in [-0.05, 0) is 61.6 Å². The summed E-state index contributed by atoms with van der Waals surface area (Å²) in [5.41, 5.74) is 1.18. The van der Waals surface area contributed by atoms with Crippen LogP contribution >= 0.6 is 34.8 Å². The van der Waals surface area contributed by atoms with Crippen LogP contribution in [0.1, 0.15) is 63.9 Å². The molecule has 0 heterocycles. The molecule has 0 aliphatic heterocycles. The lowest BCUT2D eigenvalue weighted by atomic mass is 9.95. The summed E-state index contributed by atoms with van der Waals surface area (Å²) in [6.07, 6.45) is 7.08. The van der Waals surface area contributed by atoms with Crippen LogP contribution in [-0.2, 0) is 26.2 Å². The van der Waals surface area contributed by atoms with Crippen LogP contribution in [0.4, 0.5) is 5.69 Å². The molecule has 2 aromatic carbocycles. The van der Waals surface area contributed by atoms with Crippen LogP contribution in [0.15, 0.2) is 42.5 Å². The van der Waals surface area contributed by atoms with Crippen LogP contribution in [-0.4, -0.2) is 50.0 Å². The van der Waals surface area contributed by atoms with Crippen LogP contribution in [0.2, 0.25) is 15.1 Å². The molecule has 1 fully saturated rings. The SMILES string of the molecule is CC[C@H](C(=O)NC1CCCCC1)N(Cc1ccc(Cl)c(Cl)c1)C(=O)CCCN(c1cccc(Cl)c1)S(C)(=O)=O. The van der Waals surface area contributed by atoms with Gasteiger partial charge in [0.15, 0.2) is 0 Å². The molecular formula is C28H36Cl3N3O4S. The molecule has 0 unspecified atom stereocenters. The second-order valence-corrected chi connectivity index (χ2v) is 13.1. The zero-order valence-corrected chi connectivity index (χ0v) is 25.4. The molecule has 0 saturated heterocycles. The van der Waals surface area contributed by atoms with E-state index in [4.69, 9.17) is 34.8 Å². The minimum absolute atomic E-state index is 0.0567. The van der Waals surface area contributed by atoms with Crippen LogP contribution < -0.4 is 9.62 Å². The number of rotatable bonds is 12. The smallest absolute Gasteiger partial charge is 0.243 e. The van der Waals surface area contributed by atoms with Crippen LogP contribution in [0.3, 0.4) is 0 Å². The van der Waals surface area contributed by atoms with E-state index < -0.39 is 16.1 Å². The van der Waals surface area contributed by atoms with Crippen molar-refractivity contribution in [3.05, 3.63) is 63.1 Å². The fourth-order valence-corrected chi connectivity index (χ4v) is 6.40. The fraction of sp³-hybridized carbons (Fsp3) is 0.500. The second-order valence-electron chi connectivity index (χ2n) is 9.96. The van der Waals surface area contributed by atoms with E-state index in [-0.39, 0.29) is 43.8 Å². The van der Waals surface area contributed by atoms with Crippen LogP contribution in [0, 0.1) is 0 Å². The third-order valence-electron chi connectivity index (χ3n) is 6.92. The summed E-state index contributed by atoms with van der Waals surface area (Å²) in [6.45, 7) is 2.15. The number of sulfonamides is 1. The summed E-state index contributed by atoms with van der Waals surface area (Å²) in [5, 5.41) is 4.34. The molecule has 11 heteroatoms. The van der Waals surface area contributed by atoms with Gasteiger partial charge in [0.25, 0.3) is 0 Å². The molecule has 1 saturated carbocycles. The van der Waals surface area contributed by atoms with Gasteiger partial charge in [-0.15, -0.1) is 0 Å². The van der Waals surface area contributed by atoms with Gasteiger partial charge in [-0.3, -0.25) is 13.9 Å². The maximum absolute atomic E-state index is 13.6. The predicted octanol–water partition coefficient (Wildman–Crippen LogP) is 6.45. The van der Waals surface area contributed by atoms with Crippen molar-refractivity contribution in [2.24, 2.45) is 0 Å². The van der Waals surface area contributed by atoms with E-state index in [1.807, 2.05) is 6.92 Å². The van der Waals surface area contributed by atoms with Gasteiger partial charge in [0.05, 0.1) is 22.0 Å². The number of hydrogen-bond donors (Lipinski definition) is 1. The molecule has 214 valence electrons. The molecule has 1 aliphatic carbocycles. The zero-order chi connectivity index (χ0) is 28.6. The third kappa shape index (κ3) is 9.27. The predicted molar refractivity (Wildman–Crippen MR) is 159 cm³/mol. The number of amides is 2. The van der Waals surface area contributed by atoms with Crippen molar-refractivity contribution < 1.29 is 18.0 Å². The maximum atomic E-state index is 13.6. The molecular weight excluding hydrogens is 581 g/mol. The third-order valence-corrected chi connectivity index (χ3v) is 9.09. The highest BCUT2D eigenvalue weighted by Crippen LogP contribution is 2.26. The van der Waals surface area contributed by atoms with Gasteiger partial charge in [0.2, 0.25) is 21.8 Å². The van der Waals surface area contributed by atoms with Gasteiger partial charge in [0.1, 0.15) is 6.04 Å². The molecule has 7 nitrogen and oxygen atoms in total. The van der Waals surface area contributed by atoms with E-state index in [9.17, 15) is 18.0 Å². The van der Waals surface area contributed by atoms with Crippen LogP contribution in [0.25, 0.3) is 0 Å². The van der Waals surface area contributed by atoms with Crippen molar-refractivity contribution in [2.75, 3.05) is 17.1 Å². The monoisotopic (exact) mass is 615 g/mol. The van der Waals surface area contributed by atoms with E-state index in [1.54, 1.807) is 47.4 Å². The number of carbonyl (C=O) groups is 2. The number of nitrogens with zero attached hydrogens (tertiary/aromatic N) is 2. The Morgan fingerprint density at radius 2 is 1.74 bits per heavy atom. The molecule has 1 aliphatic rings. The minimum Gasteiger partial charge on any atom is -0.352 e. The van der Waals surface area contributed by atoms with Gasteiger partial charge in [0, 0.05) is 30.6 Å². The number of halogens is 3. The Bertz CT molecular complexity index is 1250. The van der Waals surface area contributed by atoms with Crippen LogP contribution in [0.5, 0.6) is 0 Å². The average molecular weight is 617 g/mol. The molecule has 0 bridgehead atoms. The van der Waals surface area contributed by atoms with Gasteiger partial charge >= 0.3 is 0 Å². The van der Waals surface area contributed by atoms with E-state index in [1.165, 1.54) is 10.7 Å². The summed E-state index contributed by atoms with van der Waals surface area (Å²) in [4.78, 5) is 28.6. The van der Waals surface area contributed by atoms with Gasteiger partial charge in [-0.2, -0.15) is 0 Å². The maximum Gasteiger partial charge on any atom is 0.243 e. The summed E-state index contributed by atoms with van der Waals surface area (Å²) >= 11 is 18.4. The molecule has 39 heavy (non-hydrogen) atoms. The first-order valence-corrected chi connectivity index (χ1v) is 16.2. The molecule has 3 rings (SSSR count). The number of hydrogen-bond acceptors (Lipinski definition) is 4. The lowest BCUT2D eigenvalue weighted by molar-refractivity contribution is -0.141. The molecule has 0 radical (unpaired) electrons. The van der Waals surface area contributed by atoms with E-state index >= 15 is 0 Å². The van der Waals surface area contributed by atoms with Crippen molar-refractivity contribution >= 4 is 62.3 Å². The number of benzene rings is 2. The van der Waals surface area contributed by atoms with E-state index in [2.05, 4.69) is 5.32 Å². The normalized spacial score (nSPS) is 15.0. The molecule has 0 spiro atoms. The topological polar surface area (TPSA) is 86.8 Å². The molecule has 1 N–H and O–H groups in total. The molecule has 2 aromatic rings. The number of carbonyl (C=O) groups excluding carboxylic acids is 2. The lowest BCUT2D eigenvalue weighted by Gasteiger charge is -2.33. The molecule has 0 aromatic heterocycles. The summed E-state index contributed by atoms with van der Waals surface area (Å²) in [7, 11) is -3.60. The largest absolute Gasteiger partial charge is 0.352 e. The first-order chi connectivity index (χ1) is 18.5. The van der Waals surface area contributed by atoms with Gasteiger partial charge in [-0.25, -0.2) is 8.42 Å². The first-order valence-electron chi connectivity index (χ1n) is 13.3. The molecule has 1 atom stereocenters. The van der Waals surface area contributed by atoms with Crippen molar-refractivity contribution in [3.63, 3.8) is 0 Å². The highest BCUT2D eigenvalue weighted by Gasteiger charge is 2.30. The van der Waals surface area contributed by atoms with Crippen molar-refractivity contribution in [1.29, 1.82) is 0 Å². The Morgan fingerprint density at radius 1 is 1.03 bits per heavy atom. The van der Waals surface area contributed by atoms with Gasteiger partial charge < -0.3 is 10.2 Å². The zero-order valence-electron chi connectivity index (χ0n) is 22.3. The van der Waals surface area contributed by atoms with Gasteiger partial charge in [-0.1, -0.05) is 73.1 Å². The summed E-state index contributed by atoms with van der Waals surface area (Å²) in [6, 6.07) is 11.2. The Morgan fingerprint density at radius 3 is 2.36 bits per heavy atom. The lowest BCUT2D eigenvalue weighted by Crippen LogP contribution is -2.51. The Balaban J connectivity index is 1.78. The Kier molecular flexibility index (Phi) is 11.8. The second kappa shape index (κ2) is 14.6. The van der Waals surface area contributed by atoms with Crippen molar-refractivity contribution in [1.82, 2.24) is 10.2 Å². The highest BCUT2D eigenvalue weighted by molar-refractivity contribution is 7.92. The van der Waals surface area contributed by atoms with E-state index in [0.29, 0.717) is 27.2 Å². The Labute approximate surface area is 246 Å².